The van der Waals surface area contributed by atoms with E-state index in [2.05, 4.69) is 0 Å². The second-order valence-corrected chi connectivity index (χ2v) is 2.15. The van der Waals surface area contributed by atoms with Crippen molar-refractivity contribution in [3.05, 3.63) is 24.5 Å². The van der Waals surface area contributed by atoms with Crippen LogP contribution in [0.3, 0.4) is 0 Å². The number of nitrogens with zero attached hydrogens (tertiary/aromatic N) is 1. The standard InChI is InChI=1S/C7H11NO2/c9-5-7(6-10)8-3-1-2-4-8/h1-4,7,9-10H,5-6H2. The minimum Gasteiger partial charge on any atom is -0.394 e. The maximum absolute atomic E-state index is 8.72. The molecule has 0 fully saturated rings. The van der Waals surface area contributed by atoms with Crippen molar-refractivity contribution >= 4 is 0 Å². The fourth-order valence-electron chi connectivity index (χ4n) is 0.838. The van der Waals surface area contributed by atoms with Crippen LogP contribution in [0.4, 0.5) is 0 Å². The molecule has 1 aromatic rings. The first-order chi connectivity index (χ1) is 4.88. The zero-order chi connectivity index (χ0) is 7.40. The molecule has 0 spiro atoms. The molecule has 0 amide bonds. The predicted octanol–water partition coefficient (Wildman–Crippen LogP) is 0.0138. The van der Waals surface area contributed by atoms with Gasteiger partial charge < -0.3 is 14.8 Å². The van der Waals surface area contributed by atoms with Crippen LogP contribution in [0.25, 0.3) is 0 Å². The quantitative estimate of drug-likeness (QED) is 0.623. The molecule has 0 saturated heterocycles. The molecule has 3 nitrogen and oxygen atoms in total. The first-order valence-electron chi connectivity index (χ1n) is 3.22. The summed E-state index contributed by atoms with van der Waals surface area (Å²) in [5.74, 6) is 0. The zero-order valence-corrected chi connectivity index (χ0v) is 5.64. The number of hydrogen-bond donors (Lipinski definition) is 2. The molecule has 0 aliphatic rings. The Bertz CT molecular complexity index is 168. The number of aliphatic hydroxyl groups is 2. The number of aromatic nitrogens is 1. The van der Waals surface area contributed by atoms with E-state index in [1.165, 1.54) is 0 Å². The Morgan fingerprint density at radius 2 is 1.60 bits per heavy atom. The Morgan fingerprint density at radius 1 is 1.10 bits per heavy atom. The van der Waals surface area contributed by atoms with Gasteiger partial charge in [-0.05, 0) is 12.1 Å². The van der Waals surface area contributed by atoms with Crippen LogP contribution in [-0.2, 0) is 0 Å². The van der Waals surface area contributed by atoms with Crippen LogP contribution in [-0.4, -0.2) is 28.0 Å². The van der Waals surface area contributed by atoms with Crippen molar-refractivity contribution in [2.75, 3.05) is 13.2 Å². The highest BCUT2D eigenvalue weighted by Gasteiger charge is 2.04. The predicted molar refractivity (Wildman–Crippen MR) is 37.6 cm³/mol. The van der Waals surface area contributed by atoms with Crippen molar-refractivity contribution in [2.24, 2.45) is 0 Å². The minimum atomic E-state index is -0.185. The van der Waals surface area contributed by atoms with Gasteiger partial charge in [0.1, 0.15) is 0 Å². The van der Waals surface area contributed by atoms with E-state index in [0.29, 0.717) is 0 Å². The van der Waals surface area contributed by atoms with Crippen LogP contribution < -0.4 is 0 Å². The maximum Gasteiger partial charge on any atom is 0.0792 e. The SMILES string of the molecule is OCC(CO)n1cccc1. The number of rotatable bonds is 3. The molecule has 1 heterocycles. The molecular weight excluding hydrogens is 130 g/mol. The molecule has 0 atom stereocenters. The molecule has 0 radical (unpaired) electrons. The molecule has 0 aliphatic heterocycles. The Morgan fingerprint density at radius 3 is 2.00 bits per heavy atom. The number of hydrogen-bond acceptors (Lipinski definition) is 2. The Kier molecular flexibility index (Phi) is 2.48. The monoisotopic (exact) mass is 141 g/mol. The molecule has 1 aromatic heterocycles. The third-order valence-electron chi connectivity index (χ3n) is 1.47. The van der Waals surface area contributed by atoms with E-state index in [4.69, 9.17) is 10.2 Å². The third-order valence-corrected chi connectivity index (χ3v) is 1.47. The lowest BCUT2D eigenvalue weighted by Gasteiger charge is -2.11. The van der Waals surface area contributed by atoms with E-state index in [-0.39, 0.29) is 19.3 Å². The van der Waals surface area contributed by atoms with E-state index in [0.717, 1.165) is 0 Å². The van der Waals surface area contributed by atoms with Crippen LogP contribution >= 0.6 is 0 Å². The molecule has 10 heavy (non-hydrogen) atoms. The second kappa shape index (κ2) is 3.39. The molecule has 0 unspecified atom stereocenters. The fourth-order valence-corrected chi connectivity index (χ4v) is 0.838. The summed E-state index contributed by atoms with van der Waals surface area (Å²) in [6.45, 7) is -0.0453. The van der Waals surface area contributed by atoms with Crippen molar-refractivity contribution in [1.82, 2.24) is 4.57 Å². The molecular formula is C7H11NO2. The Labute approximate surface area is 59.5 Å². The lowest BCUT2D eigenvalue weighted by molar-refractivity contribution is 0.155. The fraction of sp³-hybridized carbons (Fsp3) is 0.429. The normalized spacial score (nSPS) is 10.7. The zero-order valence-electron chi connectivity index (χ0n) is 5.64. The summed E-state index contributed by atoms with van der Waals surface area (Å²) in [4.78, 5) is 0. The summed E-state index contributed by atoms with van der Waals surface area (Å²) in [5.41, 5.74) is 0. The van der Waals surface area contributed by atoms with Gasteiger partial charge in [0.05, 0.1) is 19.3 Å². The van der Waals surface area contributed by atoms with Crippen LogP contribution in [0.5, 0.6) is 0 Å². The molecule has 0 aliphatic carbocycles. The van der Waals surface area contributed by atoms with E-state index in [1.54, 1.807) is 4.57 Å². The second-order valence-electron chi connectivity index (χ2n) is 2.15. The van der Waals surface area contributed by atoms with Gasteiger partial charge in [0, 0.05) is 12.4 Å². The Balaban J connectivity index is 2.64. The maximum atomic E-state index is 8.72. The van der Waals surface area contributed by atoms with Gasteiger partial charge in [0.2, 0.25) is 0 Å². The van der Waals surface area contributed by atoms with E-state index < -0.39 is 0 Å². The summed E-state index contributed by atoms with van der Waals surface area (Å²) in [5, 5.41) is 17.4. The van der Waals surface area contributed by atoms with Gasteiger partial charge in [0.15, 0.2) is 0 Å². The highest BCUT2D eigenvalue weighted by Crippen LogP contribution is 2.03. The largest absolute Gasteiger partial charge is 0.394 e. The Hall–Kier alpha value is -0.800. The number of aliphatic hydroxyl groups excluding tert-OH is 2. The molecule has 2 N–H and O–H groups in total. The molecule has 56 valence electrons. The van der Waals surface area contributed by atoms with Crippen molar-refractivity contribution in [3.8, 4) is 0 Å². The van der Waals surface area contributed by atoms with Gasteiger partial charge in [-0.25, -0.2) is 0 Å². The average Bonchev–Trinajstić information content (AvgIpc) is 2.43. The van der Waals surface area contributed by atoms with E-state index >= 15 is 0 Å². The van der Waals surface area contributed by atoms with Crippen molar-refractivity contribution in [2.45, 2.75) is 6.04 Å². The van der Waals surface area contributed by atoms with Gasteiger partial charge in [0.25, 0.3) is 0 Å². The summed E-state index contributed by atoms with van der Waals surface area (Å²) in [7, 11) is 0. The lowest BCUT2D eigenvalue weighted by atomic mass is 10.3. The van der Waals surface area contributed by atoms with E-state index in [1.807, 2.05) is 24.5 Å². The lowest BCUT2D eigenvalue weighted by Crippen LogP contribution is -2.15. The molecule has 0 saturated carbocycles. The van der Waals surface area contributed by atoms with Crippen LogP contribution in [0.2, 0.25) is 0 Å². The minimum absolute atomic E-state index is 0.0226. The summed E-state index contributed by atoms with van der Waals surface area (Å²) in [6, 6.07) is 3.53. The summed E-state index contributed by atoms with van der Waals surface area (Å²) >= 11 is 0. The van der Waals surface area contributed by atoms with Gasteiger partial charge in [-0.2, -0.15) is 0 Å². The van der Waals surface area contributed by atoms with Crippen LogP contribution in [0.1, 0.15) is 6.04 Å². The van der Waals surface area contributed by atoms with Crippen LogP contribution in [0.15, 0.2) is 24.5 Å². The highest BCUT2D eigenvalue weighted by atomic mass is 16.3. The van der Waals surface area contributed by atoms with Gasteiger partial charge >= 0.3 is 0 Å². The van der Waals surface area contributed by atoms with Gasteiger partial charge in [-0.3, -0.25) is 0 Å². The summed E-state index contributed by atoms with van der Waals surface area (Å²) in [6.07, 6.45) is 3.63. The van der Waals surface area contributed by atoms with Gasteiger partial charge in [-0.1, -0.05) is 0 Å². The molecule has 0 aromatic carbocycles. The molecule has 1 rings (SSSR count). The molecule has 0 bridgehead atoms. The van der Waals surface area contributed by atoms with Crippen molar-refractivity contribution in [3.63, 3.8) is 0 Å². The van der Waals surface area contributed by atoms with Gasteiger partial charge in [-0.15, -0.1) is 0 Å². The topological polar surface area (TPSA) is 45.4 Å². The average molecular weight is 141 g/mol. The first kappa shape index (κ1) is 7.31. The molecule has 3 heteroatoms. The first-order valence-corrected chi connectivity index (χ1v) is 3.22. The highest BCUT2D eigenvalue weighted by molar-refractivity contribution is 4.92. The summed E-state index contributed by atoms with van der Waals surface area (Å²) < 4.78 is 1.78. The van der Waals surface area contributed by atoms with E-state index in [9.17, 15) is 0 Å². The van der Waals surface area contributed by atoms with Crippen molar-refractivity contribution < 1.29 is 10.2 Å². The third kappa shape index (κ3) is 1.37. The van der Waals surface area contributed by atoms with Crippen LogP contribution in [0, 0.1) is 0 Å². The smallest absolute Gasteiger partial charge is 0.0792 e. The van der Waals surface area contributed by atoms with Crippen molar-refractivity contribution in [1.29, 1.82) is 0 Å².